The van der Waals surface area contributed by atoms with Crippen LogP contribution in [0.1, 0.15) is 59.3 Å². The fourth-order valence-electron chi connectivity index (χ4n) is 4.89. The Morgan fingerprint density at radius 2 is 1.57 bits per heavy atom. The van der Waals surface area contributed by atoms with E-state index in [1.54, 1.807) is 0 Å². The third-order valence-electron chi connectivity index (χ3n) is 7.28. The van der Waals surface area contributed by atoms with Crippen molar-refractivity contribution in [3.05, 3.63) is 0 Å². The highest BCUT2D eigenvalue weighted by Crippen LogP contribution is 2.40. The quantitative estimate of drug-likeness (QED) is 0.625. The fraction of sp³-hybridized carbons (Fsp3) is 1.00. The highest BCUT2D eigenvalue weighted by Gasteiger charge is 2.45. The highest BCUT2D eigenvalue weighted by atomic mass is 15.4. The second-order valence-corrected chi connectivity index (χ2v) is 8.62. The topological polar surface area (TPSA) is 0 Å². The Hall–Kier alpha value is -0.0800. The first kappa shape index (κ1) is 17.3. The Morgan fingerprint density at radius 1 is 1.05 bits per heavy atom. The summed E-state index contributed by atoms with van der Waals surface area (Å²) in [4.78, 5) is 0. The molecule has 1 saturated heterocycles. The van der Waals surface area contributed by atoms with Crippen molar-refractivity contribution in [2.45, 2.75) is 65.3 Å². The van der Waals surface area contributed by atoms with Gasteiger partial charge in [-0.25, -0.2) is 0 Å². The molecule has 1 aliphatic carbocycles. The largest absolute Gasteiger partial charge is 0.326 e. The van der Waals surface area contributed by atoms with Crippen LogP contribution in [0.3, 0.4) is 0 Å². The molecule has 0 N–H and O–H groups in total. The number of nitrogens with zero attached hydrogens (tertiary/aromatic N) is 2. The van der Waals surface area contributed by atoms with Crippen LogP contribution in [0, 0.1) is 11.8 Å². The van der Waals surface area contributed by atoms with E-state index in [0.717, 1.165) is 17.9 Å². The van der Waals surface area contributed by atoms with E-state index in [1.807, 2.05) is 0 Å². The van der Waals surface area contributed by atoms with Crippen molar-refractivity contribution in [2.75, 3.05) is 46.8 Å². The summed E-state index contributed by atoms with van der Waals surface area (Å²) in [7, 11) is 4.97. The Bertz CT molecular complexity index is 308. The monoisotopic (exact) mass is 296 g/mol. The van der Waals surface area contributed by atoms with E-state index in [2.05, 4.69) is 34.9 Å². The summed E-state index contributed by atoms with van der Waals surface area (Å²) in [5.41, 5.74) is 0. The Morgan fingerprint density at radius 3 is 2.05 bits per heavy atom. The molecular weight excluding hydrogens is 256 g/mol. The van der Waals surface area contributed by atoms with Gasteiger partial charge in [0.05, 0.1) is 52.9 Å². The minimum absolute atomic E-state index is 0.859. The second-order valence-electron chi connectivity index (χ2n) is 8.62. The van der Waals surface area contributed by atoms with Gasteiger partial charge in [-0.2, -0.15) is 0 Å². The predicted octanol–water partition coefficient (Wildman–Crippen LogP) is 3.91. The first-order valence-electron chi connectivity index (χ1n) is 9.60. The lowest BCUT2D eigenvalue weighted by Crippen LogP contribution is -2.50. The van der Waals surface area contributed by atoms with Gasteiger partial charge in [-0.05, 0) is 33.6 Å². The lowest BCUT2D eigenvalue weighted by molar-refractivity contribution is -0.925. The molecule has 1 saturated carbocycles. The van der Waals surface area contributed by atoms with Crippen LogP contribution in [0.15, 0.2) is 0 Å². The smallest absolute Gasteiger partial charge is 0.0862 e. The zero-order chi connectivity index (χ0) is 15.5. The molecule has 2 nitrogen and oxygen atoms in total. The van der Waals surface area contributed by atoms with E-state index in [0.29, 0.717) is 0 Å². The standard InChI is InChI=1S/C19H40N2/c1-6-20(4,7-2)14-10-11-17(3)21(5)15-18-12-8-9-13-19(18)16-21/h17-19H,6-16H2,1-5H3/q+2/t17-,18-,19-/m1/s1. The second kappa shape index (κ2) is 7.00. The zero-order valence-electron chi connectivity index (χ0n) is 15.4. The Kier molecular flexibility index (Phi) is 5.76. The maximum absolute atomic E-state index is 2.55. The molecule has 124 valence electrons. The number of fused-ring (bicyclic) bond motifs is 1. The molecule has 2 rings (SSSR count). The van der Waals surface area contributed by atoms with E-state index in [1.165, 1.54) is 80.2 Å². The minimum atomic E-state index is 0.859. The third-order valence-corrected chi connectivity index (χ3v) is 7.28. The first-order chi connectivity index (χ1) is 9.92. The van der Waals surface area contributed by atoms with Crippen LogP contribution in [0.4, 0.5) is 0 Å². The number of quaternary nitrogens is 2. The van der Waals surface area contributed by atoms with Gasteiger partial charge in [0.25, 0.3) is 0 Å². The van der Waals surface area contributed by atoms with Crippen molar-refractivity contribution in [3.63, 3.8) is 0 Å². The van der Waals surface area contributed by atoms with Crippen LogP contribution >= 0.6 is 0 Å². The number of rotatable bonds is 7. The van der Waals surface area contributed by atoms with E-state index >= 15 is 0 Å². The van der Waals surface area contributed by atoms with E-state index < -0.39 is 0 Å². The fourth-order valence-corrected chi connectivity index (χ4v) is 4.89. The lowest BCUT2D eigenvalue weighted by atomic mass is 9.82. The minimum Gasteiger partial charge on any atom is -0.326 e. The summed E-state index contributed by atoms with van der Waals surface area (Å²) in [6.07, 6.45) is 8.86. The van der Waals surface area contributed by atoms with Crippen molar-refractivity contribution >= 4 is 0 Å². The van der Waals surface area contributed by atoms with Crippen molar-refractivity contribution < 1.29 is 8.97 Å². The molecule has 0 amide bonds. The molecule has 3 atom stereocenters. The number of hydrogen-bond donors (Lipinski definition) is 0. The zero-order valence-corrected chi connectivity index (χ0v) is 15.4. The van der Waals surface area contributed by atoms with Crippen molar-refractivity contribution in [2.24, 2.45) is 11.8 Å². The van der Waals surface area contributed by atoms with Crippen LogP contribution in [0.25, 0.3) is 0 Å². The summed E-state index contributed by atoms with van der Waals surface area (Å²) >= 11 is 0. The average Bonchev–Trinajstić information content (AvgIpc) is 2.84. The van der Waals surface area contributed by atoms with E-state index in [4.69, 9.17) is 0 Å². The van der Waals surface area contributed by atoms with Crippen LogP contribution in [0.2, 0.25) is 0 Å². The van der Waals surface area contributed by atoms with Gasteiger partial charge in [0.2, 0.25) is 0 Å². The molecule has 2 aliphatic rings. The lowest BCUT2D eigenvalue weighted by Gasteiger charge is -2.38. The summed E-state index contributed by atoms with van der Waals surface area (Å²) in [5.74, 6) is 2.11. The Balaban J connectivity index is 1.81. The van der Waals surface area contributed by atoms with Gasteiger partial charge in [0.1, 0.15) is 0 Å². The van der Waals surface area contributed by atoms with Crippen LogP contribution in [0.5, 0.6) is 0 Å². The molecule has 0 unspecified atom stereocenters. The van der Waals surface area contributed by atoms with E-state index in [-0.39, 0.29) is 0 Å². The average molecular weight is 297 g/mol. The molecule has 2 heteroatoms. The third kappa shape index (κ3) is 4.01. The summed E-state index contributed by atoms with van der Waals surface area (Å²) in [5, 5.41) is 0. The van der Waals surface area contributed by atoms with E-state index in [9.17, 15) is 0 Å². The molecule has 0 radical (unpaired) electrons. The number of hydrogen-bond acceptors (Lipinski definition) is 0. The molecule has 1 aliphatic heterocycles. The maximum Gasteiger partial charge on any atom is 0.0862 e. The first-order valence-corrected chi connectivity index (χ1v) is 9.60. The normalized spacial score (nSPS) is 30.1. The van der Waals surface area contributed by atoms with Gasteiger partial charge in [-0.15, -0.1) is 0 Å². The molecule has 0 spiro atoms. The molecule has 0 aromatic rings. The van der Waals surface area contributed by atoms with Crippen molar-refractivity contribution in [3.8, 4) is 0 Å². The van der Waals surface area contributed by atoms with Gasteiger partial charge >= 0.3 is 0 Å². The van der Waals surface area contributed by atoms with Crippen LogP contribution < -0.4 is 0 Å². The van der Waals surface area contributed by atoms with Gasteiger partial charge in [-0.3, -0.25) is 0 Å². The van der Waals surface area contributed by atoms with Gasteiger partial charge in [0.15, 0.2) is 0 Å². The summed E-state index contributed by atoms with van der Waals surface area (Å²) < 4.78 is 2.62. The molecule has 0 bridgehead atoms. The molecule has 0 aromatic heterocycles. The molecule has 2 fully saturated rings. The summed E-state index contributed by atoms with van der Waals surface area (Å²) in [6.45, 7) is 14.1. The van der Waals surface area contributed by atoms with Crippen molar-refractivity contribution in [1.29, 1.82) is 0 Å². The van der Waals surface area contributed by atoms with Gasteiger partial charge in [0, 0.05) is 24.7 Å². The van der Waals surface area contributed by atoms with Crippen molar-refractivity contribution in [1.82, 2.24) is 0 Å². The molecular formula is C19H40N2+2. The Labute approximate surface area is 133 Å². The predicted molar refractivity (Wildman–Crippen MR) is 92.2 cm³/mol. The number of likely N-dealkylation sites (tertiary alicyclic amines) is 1. The maximum atomic E-state index is 2.55. The molecule has 1 heterocycles. The highest BCUT2D eigenvalue weighted by molar-refractivity contribution is 4.81. The van der Waals surface area contributed by atoms with Crippen LogP contribution in [-0.2, 0) is 0 Å². The van der Waals surface area contributed by atoms with Gasteiger partial charge < -0.3 is 8.97 Å². The summed E-state index contributed by atoms with van der Waals surface area (Å²) in [6, 6.07) is 0.859. The van der Waals surface area contributed by atoms with Crippen LogP contribution in [-0.4, -0.2) is 61.8 Å². The molecule has 0 aromatic carbocycles. The van der Waals surface area contributed by atoms with Gasteiger partial charge in [-0.1, -0.05) is 12.8 Å². The molecule has 21 heavy (non-hydrogen) atoms. The SMILES string of the molecule is CC[N+](C)(CC)CCC[C@@H](C)[N+]1(C)C[C@H]2CCCC[C@@H]2C1.